The van der Waals surface area contributed by atoms with Gasteiger partial charge in [-0.05, 0) is 23.6 Å². The summed E-state index contributed by atoms with van der Waals surface area (Å²) in [5, 5.41) is 9.62. The number of sulfone groups is 1. The van der Waals surface area contributed by atoms with E-state index in [0.29, 0.717) is 19.5 Å². The molecule has 2 amide bonds. The van der Waals surface area contributed by atoms with Crippen molar-refractivity contribution in [2.45, 2.75) is 25.6 Å². The largest absolute Gasteiger partial charge is 0.334 e. The van der Waals surface area contributed by atoms with E-state index in [4.69, 9.17) is 0 Å². The summed E-state index contributed by atoms with van der Waals surface area (Å²) in [7, 11) is -2.98. The first-order valence-corrected chi connectivity index (χ1v) is 9.62. The molecule has 1 aromatic heterocycles. The molecule has 2 aromatic rings. The Bertz CT molecular complexity index is 785. The molecule has 1 fully saturated rings. The van der Waals surface area contributed by atoms with Crippen molar-refractivity contribution in [3.8, 4) is 0 Å². The van der Waals surface area contributed by atoms with Crippen LogP contribution in [-0.2, 0) is 22.9 Å². The van der Waals surface area contributed by atoms with E-state index >= 15 is 0 Å². The fourth-order valence-corrected chi connectivity index (χ4v) is 4.34. The number of hydrogen-bond acceptors (Lipinski definition) is 4. The number of carbonyl (C=O) groups is 1. The standard InChI is InChI=1S/C16H20N4O3S/c21-16(19-15-6-9-24(22,23)12-15)17-10-13-2-4-14(5-3-13)11-20-8-1-7-18-20/h1-5,7-8,15H,6,9-12H2,(H2,17,19,21). The van der Waals surface area contributed by atoms with E-state index in [0.717, 1.165) is 11.1 Å². The predicted octanol–water partition coefficient (Wildman–Crippen LogP) is 0.918. The minimum atomic E-state index is -2.98. The second kappa shape index (κ2) is 7.04. The van der Waals surface area contributed by atoms with Gasteiger partial charge in [-0.3, -0.25) is 4.68 Å². The normalized spacial score (nSPS) is 19.1. The topological polar surface area (TPSA) is 93.1 Å². The van der Waals surface area contributed by atoms with Crippen LogP contribution < -0.4 is 10.6 Å². The molecule has 0 radical (unpaired) electrons. The number of benzene rings is 1. The first kappa shape index (κ1) is 16.5. The highest BCUT2D eigenvalue weighted by Crippen LogP contribution is 2.11. The molecule has 24 heavy (non-hydrogen) atoms. The lowest BCUT2D eigenvalue weighted by Gasteiger charge is -2.12. The summed E-state index contributed by atoms with van der Waals surface area (Å²) in [5.74, 6) is 0.179. The molecule has 2 N–H and O–H groups in total. The van der Waals surface area contributed by atoms with Gasteiger partial charge in [0.15, 0.2) is 9.84 Å². The van der Waals surface area contributed by atoms with Gasteiger partial charge in [-0.2, -0.15) is 5.10 Å². The number of nitrogens with one attached hydrogen (secondary N) is 2. The molecule has 8 heteroatoms. The molecule has 128 valence electrons. The van der Waals surface area contributed by atoms with Crippen molar-refractivity contribution in [2.24, 2.45) is 0 Å². The Morgan fingerprint density at radius 2 is 2.00 bits per heavy atom. The maximum Gasteiger partial charge on any atom is 0.315 e. The van der Waals surface area contributed by atoms with E-state index in [2.05, 4.69) is 15.7 Å². The number of hydrogen-bond donors (Lipinski definition) is 2. The number of urea groups is 1. The van der Waals surface area contributed by atoms with Gasteiger partial charge in [0.1, 0.15) is 0 Å². The summed E-state index contributed by atoms with van der Waals surface area (Å²) in [5.41, 5.74) is 2.11. The van der Waals surface area contributed by atoms with Crippen LogP contribution in [0.5, 0.6) is 0 Å². The minimum Gasteiger partial charge on any atom is -0.334 e. The third-order valence-electron chi connectivity index (χ3n) is 3.95. The summed E-state index contributed by atoms with van der Waals surface area (Å²) in [4.78, 5) is 11.8. The highest BCUT2D eigenvalue weighted by Gasteiger charge is 2.28. The van der Waals surface area contributed by atoms with E-state index in [9.17, 15) is 13.2 Å². The van der Waals surface area contributed by atoms with Crippen molar-refractivity contribution in [1.29, 1.82) is 0 Å². The zero-order valence-corrected chi connectivity index (χ0v) is 14.0. The van der Waals surface area contributed by atoms with E-state index in [1.807, 2.05) is 41.2 Å². The predicted molar refractivity (Wildman–Crippen MR) is 90.2 cm³/mol. The van der Waals surface area contributed by atoms with Gasteiger partial charge in [0.2, 0.25) is 0 Å². The third kappa shape index (κ3) is 4.58. The molecule has 1 aliphatic rings. The second-order valence-electron chi connectivity index (χ2n) is 5.95. The molecule has 3 rings (SSSR count). The molecular formula is C16H20N4O3S. The number of aromatic nitrogens is 2. The molecule has 1 aromatic carbocycles. The van der Waals surface area contributed by atoms with Gasteiger partial charge in [0.05, 0.1) is 18.1 Å². The van der Waals surface area contributed by atoms with Gasteiger partial charge < -0.3 is 10.6 Å². The number of rotatable bonds is 5. The Morgan fingerprint density at radius 3 is 2.62 bits per heavy atom. The Morgan fingerprint density at radius 1 is 1.25 bits per heavy atom. The Hall–Kier alpha value is -2.35. The monoisotopic (exact) mass is 348 g/mol. The van der Waals surface area contributed by atoms with Gasteiger partial charge in [-0.1, -0.05) is 24.3 Å². The average Bonchev–Trinajstić information content (AvgIpc) is 3.16. The smallest absolute Gasteiger partial charge is 0.315 e. The van der Waals surface area contributed by atoms with Crippen molar-refractivity contribution >= 4 is 15.9 Å². The highest BCUT2D eigenvalue weighted by atomic mass is 32.2. The van der Waals surface area contributed by atoms with Crippen LogP contribution in [0.15, 0.2) is 42.7 Å². The molecule has 0 aliphatic carbocycles. The maximum atomic E-state index is 11.8. The zero-order valence-electron chi connectivity index (χ0n) is 13.2. The first-order chi connectivity index (χ1) is 11.5. The van der Waals surface area contributed by atoms with Crippen LogP contribution in [0.25, 0.3) is 0 Å². The van der Waals surface area contributed by atoms with Crippen LogP contribution in [0.1, 0.15) is 17.5 Å². The van der Waals surface area contributed by atoms with Gasteiger partial charge >= 0.3 is 6.03 Å². The minimum absolute atomic E-state index is 0.0303. The van der Waals surface area contributed by atoms with Crippen LogP contribution in [0, 0.1) is 0 Å². The lowest BCUT2D eigenvalue weighted by atomic mass is 10.1. The third-order valence-corrected chi connectivity index (χ3v) is 5.72. The van der Waals surface area contributed by atoms with E-state index < -0.39 is 9.84 Å². The molecule has 1 unspecified atom stereocenters. The van der Waals surface area contributed by atoms with Gasteiger partial charge in [-0.15, -0.1) is 0 Å². The summed E-state index contributed by atoms with van der Waals surface area (Å²) < 4.78 is 24.6. The quantitative estimate of drug-likeness (QED) is 0.840. The SMILES string of the molecule is O=C(NCc1ccc(Cn2cccn2)cc1)NC1CCS(=O)(=O)C1. The van der Waals surface area contributed by atoms with E-state index in [-0.39, 0.29) is 23.6 Å². The zero-order chi connectivity index (χ0) is 17.0. The van der Waals surface area contributed by atoms with Crippen molar-refractivity contribution < 1.29 is 13.2 Å². The van der Waals surface area contributed by atoms with Gasteiger partial charge in [0, 0.05) is 25.0 Å². The van der Waals surface area contributed by atoms with Crippen molar-refractivity contribution in [3.05, 3.63) is 53.9 Å². The fraction of sp³-hybridized carbons (Fsp3) is 0.375. The van der Waals surface area contributed by atoms with E-state index in [1.165, 1.54) is 0 Å². The first-order valence-electron chi connectivity index (χ1n) is 7.80. The van der Waals surface area contributed by atoms with Gasteiger partial charge in [-0.25, -0.2) is 13.2 Å². The maximum absolute atomic E-state index is 11.8. The summed E-state index contributed by atoms with van der Waals surface area (Å²) in [6, 6.07) is 9.18. The highest BCUT2D eigenvalue weighted by molar-refractivity contribution is 7.91. The molecule has 1 saturated heterocycles. The molecule has 7 nitrogen and oxygen atoms in total. The van der Waals surface area contributed by atoms with Crippen molar-refractivity contribution in [1.82, 2.24) is 20.4 Å². The Kier molecular flexibility index (Phi) is 4.84. The summed E-state index contributed by atoms with van der Waals surface area (Å²) in [6.45, 7) is 1.10. The molecular weight excluding hydrogens is 328 g/mol. The average molecular weight is 348 g/mol. The lowest BCUT2D eigenvalue weighted by Crippen LogP contribution is -2.42. The molecule has 1 atom stereocenters. The van der Waals surface area contributed by atoms with Crippen LogP contribution in [0.2, 0.25) is 0 Å². The van der Waals surface area contributed by atoms with Crippen molar-refractivity contribution in [2.75, 3.05) is 11.5 Å². The number of nitrogens with zero attached hydrogens (tertiary/aromatic N) is 2. The molecule has 2 heterocycles. The Labute approximate surface area is 141 Å². The molecule has 0 bridgehead atoms. The molecule has 1 aliphatic heterocycles. The van der Waals surface area contributed by atoms with Crippen LogP contribution in [0.4, 0.5) is 4.79 Å². The van der Waals surface area contributed by atoms with Crippen LogP contribution in [0.3, 0.4) is 0 Å². The van der Waals surface area contributed by atoms with Crippen molar-refractivity contribution in [3.63, 3.8) is 0 Å². The Balaban J connectivity index is 1.45. The summed E-state index contributed by atoms with van der Waals surface area (Å²) >= 11 is 0. The van der Waals surface area contributed by atoms with Crippen LogP contribution in [-0.4, -0.2) is 41.8 Å². The lowest BCUT2D eigenvalue weighted by molar-refractivity contribution is 0.237. The second-order valence-corrected chi connectivity index (χ2v) is 8.18. The number of amides is 2. The molecule has 0 spiro atoms. The fourth-order valence-electron chi connectivity index (χ4n) is 2.67. The van der Waals surface area contributed by atoms with Gasteiger partial charge in [0.25, 0.3) is 0 Å². The summed E-state index contributed by atoms with van der Waals surface area (Å²) in [6.07, 6.45) is 4.13. The molecule has 0 saturated carbocycles. The van der Waals surface area contributed by atoms with E-state index in [1.54, 1.807) is 6.20 Å². The number of carbonyl (C=O) groups excluding carboxylic acids is 1. The van der Waals surface area contributed by atoms with Crippen LogP contribution >= 0.6 is 0 Å².